The number of hydrogen-bond acceptors (Lipinski definition) is 0. The molecule has 0 amide bonds. The average Bonchev–Trinajstić information content (AvgIpc) is 1.38. The highest BCUT2D eigenvalue weighted by molar-refractivity contribution is 7.17. The molecule has 0 aromatic carbocycles. The third kappa shape index (κ3) is 4.36. The van der Waals surface area contributed by atoms with Crippen molar-refractivity contribution < 1.29 is 4.39 Å². The SMILES string of the molecule is CC(P)CF. The molecule has 2 atom stereocenters. The average molecular weight is 94.1 g/mol. The highest BCUT2D eigenvalue weighted by atomic mass is 31.0. The third-order valence-electron chi connectivity index (χ3n) is 0.243. The van der Waals surface area contributed by atoms with Gasteiger partial charge in [0.25, 0.3) is 0 Å². The lowest BCUT2D eigenvalue weighted by Crippen LogP contribution is -1.87. The van der Waals surface area contributed by atoms with Gasteiger partial charge in [-0.15, -0.1) is 9.24 Å². The molecule has 0 aromatic rings. The van der Waals surface area contributed by atoms with Crippen LogP contribution in [0.25, 0.3) is 0 Å². The summed E-state index contributed by atoms with van der Waals surface area (Å²) in [6, 6.07) is 0. The summed E-state index contributed by atoms with van der Waals surface area (Å²) in [5, 5.41) is 0. The predicted octanol–water partition coefficient (Wildman–Crippen LogP) is 1.22. The molecular formula is C3H8FP. The minimum absolute atomic E-state index is 0.134. The van der Waals surface area contributed by atoms with Crippen molar-refractivity contribution in [1.29, 1.82) is 0 Å². The van der Waals surface area contributed by atoms with Crippen molar-refractivity contribution in [2.75, 3.05) is 6.67 Å². The quantitative estimate of drug-likeness (QED) is 0.428. The molecule has 0 heterocycles. The second kappa shape index (κ2) is 2.59. The highest BCUT2D eigenvalue weighted by Gasteiger charge is 1.83. The van der Waals surface area contributed by atoms with Crippen molar-refractivity contribution in [2.24, 2.45) is 0 Å². The fraction of sp³-hybridized carbons (Fsp3) is 1.00. The van der Waals surface area contributed by atoms with Crippen LogP contribution in [0.3, 0.4) is 0 Å². The van der Waals surface area contributed by atoms with E-state index in [0.717, 1.165) is 0 Å². The van der Waals surface area contributed by atoms with Crippen LogP contribution in [-0.2, 0) is 0 Å². The van der Waals surface area contributed by atoms with Gasteiger partial charge < -0.3 is 0 Å². The lowest BCUT2D eigenvalue weighted by molar-refractivity contribution is 0.494. The van der Waals surface area contributed by atoms with Crippen LogP contribution in [-0.4, -0.2) is 12.3 Å². The molecule has 2 heteroatoms. The fourth-order valence-corrected chi connectivity index (χ4v) is 0. The van der Waals surface area contributed by atoms with E-state index in [2.05, 4.69) is 9.24 Å². The summed E-state index contributed by atoms with van der Waals surface area (Å²) in [4.78, 5) is 0. The van der Waals surface area contributed by atoms with Gasteiger partial charge in [0.2, 0.25) is 0 Å². The van der Waals surface area contributed by atoms with Crippen LogP contribution in [0.1, 0.15) is 6.92 Å². The Kier molecular flexibility index (Phi) is 2.78. The first-order valence-corrected chi connectivity index (χ1v) is 2.25. The topological polar surface area (TPSA) is 0 Å². The normalized spacial score (nSPS) is 15.0. The van der Waals surface area contributed by atoms with Gasteiger partial charge in [0, 0.05) is 0 Å². The van der Waals surface area contributed by atoms with E-state index in [9.17, 15) is 4.39 Å². The second-order valence-electron chi connectivity index (χ2n) is 1.13. The highest BCUT2D eigenvalue weighted by Crippen LogP contribution is 1.95. The van der Waals surface area contributed by atoms with Gasteiger partial charge in [0.05, 0.1) is 6.67 Å². The van der Waals surface area contributed by atoms with Gasteiger partial charge in [-0.2, -0.15) is 0 Å². The minimum Gasteiger partial charge on any atom is -0.250 e. The summed E-state index contributed by atoms with van der Waals surface area (Å²) >= 11 is 0. The van der Waals surface area contributed by atoms with Crippen LogP contribution < -0.4 is 0 Å². The van der Waals surface area contributed by atoms with Gasteiger partial charge >= 0.3 is 0 Å². The van der Waals surface area contributed by atoms with Gasteiger partial charge in [-0.25, -0.2) is 0 Å². The summed E-state index contributed by atoms with van der Waals surface area (Å²) in [6.07, 6.45) is 0. The van der Waals surface area contributed by atoms with Gasteiger partial charge in [0.15, 0.2) is 0 Å². The van der Waals surface area contributed by atoms with Crippen molar-refractivity contribution in [3.05, 3.63) is 0 Å². The zero-order valence-corrected chi connectivity index (χ0v) is 4.39. The Hall–Kier alpha value is 0.360. The van der Waals surface area contributed by atoms with Gasteiger partial charge in [-0.05, 0) is 5.66 Å². The number of rotatable bonds is 1. The summed E-state index contributed by atoms with van der Waals surface area (Å²) in [6.45, 7) is 1.58. The smallest absolute Gasteiger partial charge is 0.0954 e. The van der Waals surface area contributed by atoms with Crippen molar-refractivity contribution >= 4 is 9.24 Å². The van der Waals surface area contributed by atoms with E-state index >= 15 is 0 Å². The molecule has 0 radical (unpaired) electrons. The standard InChI is InChI=1S/C3H8FP/c1-3(5)2-4/h3H,2,5H2,1H3. The Morgan fingerprint density at radius 1 is 2.00 bits per heavy atom. The zero-order valence-electron chi connectivity index (χ0n) is 3.24. The molecule has 0 aromatic heterocycles. The Labute approximate surface area is 34.0 Å². The molecule has 0 N–H and O–H groups in total. The van der Waals surface area contributed by atoms with Crippen LogP contribution >= 0.6 is 9.24 Å². The van der Waals surface area contributed by atoms with E-state index in [1.54, 1.807) is 0 Å². The van der Waals surface area contributed by atoms with Crippen molar-refractivity contribution in [1.82, 2.24) is 0 Å². The van der Waals surface area contributed by atoms with Crippen molar-refractivity contribution in [3.63, 3.8) is 0 Å². The Morgan fingerprint density at radius 2 is 2.20 bits per heavy atom. The Balaban J connectivity index is 2.54. The molecule has 0 saturated heterocycles. The molecule has 0 rings (SSSR count). The molecule has 2 unspecified atom stereocenters. The van der Waals surface area contributed by atoms with Crippen LogP contribution in [0.4, 0.5) is 4.39 Å². The number of hydrogen-bond donors (Lipinski definition) is 0. The molecule has 5 heavy (non-hydrogen) atoms. The van der Waals surface area contributed by atoms with Gasteiger partial charge in [-0.1, -0.05) is 6.92 Å². The third-order valence-corrected chi connectivity index (χ3v) is 0.422. The monoisotopic (exact) mass is 94.0 g/mol. The molecule has 0 spiro atoms. The van der Waals surface area contributed by atoms with Crippen LogP contribution in [0.15, 0.2) is 0 Å². The first-order chi connectivity index (χ1) is 2.27. The predicted molar refractivity (Wildman–Crippen MR) is 25.1 cm³/mol. The van der Waals surface area contributed by atoms with E-state index in [1.807, 2.05) is 6.92 Å². The molecule has 32 valence electrons. The van der Waals surface area contributed by atoms with Crippen LogP contribution in [0.5, 0.6) is 0 Å². The summed E-state index contributed by atoms with van der Waals surface area (Å²) in [5.74, 6) is 0. The van der Waals surface area contributed by atoms with Gasteiger partial charge in [-0.3, -0.25) is 4.39 Å². The first kappa shape index (κ1) is 5.36. The molecule has 0 aliphatic rings. The molecule has 0 bridgehead atoms. The van der Waals surface area contributed by atoms with Gasteiger partial charge in [0.1, 0.15) is 0 Å². The summed E-state index contributed by atoms with van der Waals surface area (Å²) < 4.78 is 11.1. The van der Waals surface area contributed by atoms with Crippen molar-refractivity contribution in [3.8, 4) is 0 Å². The lowest BCUT2D eigenvalue weighted by atomic mass is 10.5. The van der Waals surface area contributed by atoms with E-state index in [0.29, 0.717) is 0 Å². The molecule has 0 nitrogen and oxygen atoms in total. The number of halogens is 1. The van der Waals surface area contributed by atoms with Crippen LogP contribution in [0.2, 0.25) is 0 Å². The molecule has 0 saturated carbocycles. The van der Waals surface area contributed by atoms with E-state index < -0.39 is 0 Å². The van der Waals surface area contributed by atoms with E-state index in [4.69, 9.17) is 0 Å². The zero-order chi connectivity index (χ0) is 4.28. The number of alkyl halides is 1. The second-order valence-corrected chi connectivity index (χ2v) is 2.27. The Morgan fingerprint density at radius 3 is 2.20 bits per heavy atom. The molecule has 0 fully saturated rings. The van der Waals surface area contributed by atoms with Crippen molar-refractivity contribution in [2.45, 2.75) is 12.6 Å². The maximum Gasteiger partial charge on any atom is 0.0954 e. The van der Waals surface area contributed by atoms with E-state index in [-0.39, 0.29) is 12.3 Å². The Bertz CT molecular complexity index is 20.9. The largest absolute Gasteiger partial charge is 0.250 e. The minimum atomic E-state index is -0.231. The lowest BCUT2D eigenvalue weighted by Gasteiger charge is -1.87. The first-order valence-electron chi connectivity index (χ1n) is 1.59. The summed E-state index contributed by atoms with van der Waals surface area (Å²) in [5.41, 5.74) is 0.134. The summed E-state index contributed by atoms with van der Waals surface area (Å²) in [7, 11) is 2.36. The molecular weight excluding hydrogens is 86.0 g/mol. The maximum atomic E-state index is 11.1. The fourth-order valence-electron chi connectivity index (χ4n) is 0. The van der Waals surface area contributed by atoms with Crippen LogP contribution in [0, 0.1) is 0 Å². The maximum absolute atomic E-state index is 11.1. The molecule has 0 aliphatic carbocycles. The van der Waals surface area contributed by atoms with E-state index in [1.165, 1.54) is 0 Å². The molecule has 0 aliphatic heterocycles.